The Morgan fingerprint density at radius 1 is 1.53 bits per heavy atom. The van der Waals surface area contributed by atoms with Crippen molar-refractivity contribution < 1.29 is 9.13 Å². The number of rotatable bonds is 4. The van der Waals surface area contributed by atoms with Gasteiger partial charge in [-0.25, -0.2) is 9.82 Å². The number of methoxy groups -OCH3 is 1. The minimum atomic E-state index is -0.450. The molecule has 0 aliphatic rings. The number of aromatic amines is 1. The van der Waals surface area contributed by atoms with Crippen LogP contribution in [0.15, 0.2) is 24.4 Å². The van der Waals surface area contributed by atoms with E-state index in [0.717, 1.165) is 0 Å². The zero-order valence-electron chi connectivity index (χ0n) is 9.14. The number of hydrazine groups is 1. The van der Waals surface area contributed by atoms with E-state index in [9.17, 15) is 4.39 Å². The van der Waals surface area contributed by atoms with Gasteiger partial charge in [-0.15, -0.1) is 0 Å². The highest BCUT2D eigenvalue weighted by Crippen LogP contribution is 2.24. The van der Waals surface area contributed by atoms with Gasteiger partial charge in [0.2, 0.25) is 0 Å². The second kappa shape index (κ2) is 4.89. The van der Waals surface area contributed by atoms with Crippen molar-refractivity contribution in [2.75, 3.05) is 7.11 Å². The third kappa shape index (κ3) is 2.24. The lowest BCUT2D eigenvalue weighted by atomic mass is 10.0. The fraction of sp³-hybridized carbons (Fsp3) is 0.200. The van der Waals surface area contributed by atoms with E-state index in [-0.39, 0.29) is 5.75 Å². The van der Waals surface area contributed by atoms with Crippen LogP contribution in [-0.2, 0) is 0 Å². The first kappa shape index (κ1) is 11.5. The number of ether oxygens (including phenoxy) is 1. The Bertz CT molecular complexity index is 487. The highest BCUT2D eigenvalue weighted by atomic mass is 19.1. The molecule has 1 aromatic heterocycles. The van der Waals surface area contributed by atoms with Crippen molar-refractivity contribution in [2.45, 2.75) is 6.04 Å². The lowest BCUT2D eigenvalue weighted by molar-refractivity contribution is 0.385. The molecule has 2 aromatic rings. The topological polar surface area (TPSA) is 88.9 Å². The van der Waals surface area contributed by atoms with E-state index < -0.39 is 11.9 Å². The summed E-state index contributed by atoms with van der Waals surface area (Å²) < 4.78 is 18.4. The van der Waals surface area contributed by atoms with E-state index in [4.69, 9.17) is 10.6 Å². The van der Waals surface area contributed by atoms with Crippen LogP contribution in [0.4, 0.5) is 4.39 Å². The van der Waals surface area contributed by atoms with E-state index >= 15 is 0 Å². The van der Waals surface area contributed by atoms with Gasteiger partial charge in [0.05, 0.1) is 19.3 Å². The molecule has 0 aliphatic heterocycles. The highest BCUT2D eigenvalue weighted by Gasteiger charge is 2.16. The molecule has 0 aliphatic carbocycles. The zero-order valence-corrected chi connectivity index (χ0v) is 9.14. The van der Waals surface area contributed by atoms with E-state index in [0.29, 0.717) is 11.3 Å². The van der Waals surface area contributed by atoms with Crippen molar-refractivity contribution in [3.8, 4) is 5.75 Å². The van der Waals surface area contributed by atoms with Gasteiger partial charge in [-0.05, 0) is 17.7 Å². The van der Waals surface area contributed by atoms with Crippen molar-refractivity contribution in [3.63, 3.8) is 0 Å². The lowest BCUT2D eigenvalue weighted by Gasteiger charge is -2.14. The molecule has 2 rings (SSSR count). The first-order valence-electron chi connectivity index (χ1n) is 4.91. The molecule has 0 bridgehead atoms. The van der Waals surface area contributed by atoms with Crippen LogP contribution in [0.3, 0.4) is 0 Å². The fourth-order valence-electron chi connectivity index (χ4n) is 1.56. The summed E-state index contributed by atoms with van der Waals surface area (Å²) in [5, 5.41) is 10.1. The van der Waals surface area contributed by atoms with Crippen LogP contribution in [0.2, 0.25) is 0 Å². The third-order valence-corrected chi connectivity index (χ3v) is 2.41. The molecule has 6 nitrogen and oxygen atoms in total. The second-order valence-corrected chi connectivity index (χ2v) is 3.39. The fourth-order valence-corrected chi connectivity index (χ4v) is 1.56. The number of hydrogen-bond acceptors (Lipinski definition) is 5. The summed E-state index contributed by atoms with van der Waals surface area (Å²) in [6, 6.07) is 4.17. The summed E-state index contributed by atoms with van der Waals surface area (Å²) in [5.41, 5.74) is 3.77. The standard InChI is InChI=1S/C10H12FN5O/c1-17-9-3-2-6(4-7(9)11)10(14-12)8-5-13-16-15-8/h2-5,10,14H,12H2,1H3,(H,13,15,16). The van der Waals surface area contributed by atoms with Gasteiger partial charge in [-0.3, -0.25) is 5.84 Å². The molecule has 1 unspecified atom stereocenters. The van der Waals surface area contributed by atoms with Crippen molar-refractivity contribution in [3.05, 3.63) is 41.5 Å². The van der Waals surface area contributed by atoms with Crippen molar-refractivity contribution in [1.29, 1.82) is 0 Å². The molecule has 1 aromatic carbocycles. The maximum Gasteiger partial charge on any atom is 0.165 e. The minimum absolute atomic E-state index is 0.185. The van der Waals surface area contributed by atoms with Crippen LogP contribution in [-0.4, -0.2) is 22.5 Å². The zero-order chi connectivity index (χ0) is 12.3. The molecular weight excluding hydrogens is 225 g/mol. The Balaban J connectivity index is 2.35. The molecular formula is C10H12FN5O. The van der Waals surface area contributed by atoms with Crippen LogP contribution in [0.5, 0.6) is 5.75 Å². The molecule has 0 saturated carbocycles. The SMILES string of the molecule is COc1ccc(C(NN)c2cn[nH]n2)cc1F. The number of nitrogens with two attached hydrogens (primary N) is 1. The summed E-state index contributed by atoms with van der Waals surface area (Å²) in [6.45, 7) is 0. The average Bonchev–Trinajstić information content (AvgIpc) is 2.84. The normalized spacial score (nSPS) is 12.4. The van der Waals surface area contributed by atoms with Crippen LogP contribution in [0, 0.1) is 5.82 Å². The highest BCUT2D eigenvalue weighted by molar-refractivity contribution is 5.33. The maximum atomic E-state index is 13.6. The summed E-state index contributed by atoms with van der Waals surface area (Å²) in [4.78, 5) is 0. The third-order valence-electron chi connectivity index (χ3n) is 2.41. The van der Waals surface area contributed by atoms with Gasteiger partial charge in [-0.1, -0.05) is 6.07 Å². The van der Waals surface area contributed by atoms with Gasteiger partial charge >= 0.3 is 0 Å². The Kier molecular flexibility index (Phi) is 3.31. The lowest BCUT2D eigenvalue weighted by Crippen LogP contribution is -2.29. The molecule has 7 heteroatoms. The first-order valence-corrected chi connectivity index (χ1v) is 4.91. The van der Waals surface area contributed by atoms with Gasteiger partial charge in [-0.2, -0.15) is 15.4 Å². The van der Waals surface area contributed by atoms with E-state index in [2.05, 4.69) is 20.8 Å². The predicted molar refractivity (Wildman–Crippen MR) is 58.5 cm³/mol. The minimum Gasteiger partial charge on any atom is -0.494 e. The Labute approximate surface area is 96.9 Å². The van der Waals surface area contributed by atoms with Crippen LogP contribution >= 0.6 is 0 Å². The number of nitrogens with one attached hydrogen (secondary N) is 2. The molecule has 1 atom stereocenters. The monoisotopic (exact) mass is 237 g/mol. The second-order valence-electron chi connectivity index (χ2n) is 3.39. The molecule has 0 spiro atoms. The van der Waals surface area contributed by atoms with Crippen LogP contribution < -0.4 is 16.0 Å². The van der Waals surface area contributed by atoms with Crippen LogP contribution in [0.25, 0.3) is 0 Å². The molecule has 0 radical (unpaired) electrons. The van der Waals surface area contributed by atoms with E-state index in [1.165, 1.54) is 25.4 Å². The molecule has 90 valence electrons. The summed E-state index contributed by atoms with van der Waals surface area (Å²) in [7, 11) is 1.41. The Morgan fingerprint density at radius 3 is 2.88 bits per heavy atom. The molecule has 0 amide bonds. The number of hydrogen-bond donors (Lipinski definition) is 3. The maximum absolute atomic E-state index is 13.6. The van der Waals surface area contributed by atoms with Gasteiger partial charge in [0.15, 0.2) is 11.6 Å². The first-order chi connectivity index (χ1) is 8.26. The summed E-state index contributed by atoms with van der Waals surface area (Å²) in [5.74, 6) is 5.17. The molecule has 1 heterocycles. The average molecular weight is 237 g/mol. The largest absolute Gasteiger partial charge is 0.494 e. The van der Waals surface area contributed by atoms with Gasteiger partial charge in [0.25, 0.3) is 0 Å². The van der Waals surface area contributed by atoms with Crippen molar-refractivity contribution in [2.24, 2.45) is 5.84 Å². The smallest absolute Gasteiger partial charge is 0.165 e. The van der Waals surface area contributed by atoms with E-state index in [1.54, 1.807) is 6.07 Å². The number of halogens is 1. The van der Waals surface area contributed by atoms with Crippen molar-refractivity contribution >= 4 is 0 Å². The number of H-pyrrole nitrogens is 1. The Hall–Kier alpha value is -1.99. The van der Waals surface area contributed by atoms with Crippen molar-refractivity contribution in [1.82, 2.24) is 20.8 Å². The van der Waals surface area contributed by atoms with Crippen LogP contribution in [0.1, 0.15) is 17.3 Å². The van der Waals surface area contributed by atoms with E-state index in [1.807, 2.05) is 0 Å². The summed E-state index contributed by atoms with van der Waals surface area (Å²) in [6.07, 6.45) is 1.52. The molecule has 17 heavy (non-hydrogen) atoms. The van der Waals surface area contributed by atoms with Gasteiger partial charge < -0.3 is 4.74 Å². The quantitative estimate of drug-likeness (QED) is 0.532. The molecule has 4 N–H and O–H groups in total. The van der Waals surface area contributed by atoms with Gasteiger partial charge in [0, 0.05) is 0 Å². The molecule has 0 fully saturated rings. The van der Waals surface area contributed by atoms with Gasteiger partial charge in [0.1, 0.15) is 5.69 Å². The number of aromatic nitrogens is 3. The number of nitrogens with zero attached hydrogens (tertiary/aromatic N) is 2. The molecule has 0 saturated heterocycles. The Morgan fingerprint density at radius 2 is 2.35 bits per heavy atom. The summed E-state index contributed by atoms with van der Waals surface area (Å²) >= 11 is 0. The predicted octanol–water partition coefficient (Wildman–Crippen LogP) is 0.505. The number of benzene rings is 1.